The van der Waals surface area contributed by atoms with Crippen LogP contribution in [-0.4, -0.2) is 27.1 Å². The molecule has 1 unspecified atom stereocenters. The zero-order valence-electron chi connectivity index (χ0n) is 26.2. The fourth-order valence-electron chi connectivity index (χ4n) is 5.02. The average Bonchev–Trinajstić information content (AvgIpc) is 2.73. The van der Waals surface area contributed by atoms with Crippen molar-refractivity contribution in [1.29, 1.82) is 0 Å². The van der Waals surface area contributed by atoms with Gasteiger partial charge in [-0.15, -0.1) is 0 Å². The quantitative estimate of drug-likeness (QED) is 0.331. The lowest BCUT2D eigenvalue weighted by Crippen LogP contribution is -2.22. The number of rotatable bonds is 7. The van der Waals surface area contributed by atoms with Gasteiger partial charge in [0.1, 0.15) is 17.3 Å². The van der Waals surface area contributed by atoms with Gasteiger partial charge < -0.3 is 15.3 Å². The average molecular weight is 539 g/mol. The highest BCUT2D eigenvalue weighted by atomic mass is 16.4. The number of carboxylic acids is 1. The summed E-state index contributed by atoms with van der Waals surface area (Å²) in [7, 11) is 0. The molecule has 0 bridgehead atoms. The minimum Gasteiger partial charge on any atom is -0.507 e. The van der Waals surface area contributed by atoms with Gasteiger partial charge >= 0.3 is 5.97 Å². The summed E-state index contributed by atoms with van der Waals surface area (Å²) in [4.78, 5) is 25.6. The number of aliphatic carboxylic acids is 1. The SMILES string of the molecule is CC(C)(C)c1cc(CCC(=O)C(CC(=O)O)c2cc(C(C)(C)C)c(O)c(C(C)(C)C)c2)cc(C(C)(C)C)c1O. The topological polar surface area (TPSA) is 94.8 Å². The van der Waals surface area contributed by atoms with Crippen LogP contribution in [0.1, 0.15) is 135 Å². The molecular weight excluding hydrogens is 488 g/mol. The minimum absolute atomic E-state index is 0.148. The van der Waals surface area contributed by atoms with Gasteiger partial charge in [0.25, 0.3) is 0 Å². The van der Waals surface area contributed by atoms with Crippen LogP contribution in [0.5, 0.6) is 11.5 Å². The van der Waals surface area contributed by atoms with Gasteiger partial charge in [-0.2, -0.15) is 0 Å². The van der Waals surface area contributed by atoms with Crippen molar-refractivity contribution in [1.82, 2.24) is 0 Å². The van der Waals surface area contributed by atoms with Gasteiger partial charge in [-0.25, -0.2) is 0 Å². The highest BCUT2D eigenvalue weighted by molar-refractivity contribution is 5.90. The molecule has 5 nitrogen and oxygen atoms in total. The molecule has 0 aromatic heterocycles. The molecule has 0 aliphatic heterocycles. The summed E-state index contributed by atoms with van der Waals surface area (Å²) in [6.45, 7) is 24.3. The predicted molar refractivity (Wildman–Crippen MR) is 159 cm³/mol. The van der Waals surface area contributed by atoms with Crippen LogP contribution in [0.2, 0.25) is 0 Å². The molecule has 1 atom stereocenters. The molecule has 2 aromatic rings. The maximum atomic E-state index is 13.7. The minimum atomic E-state index is -1.04. The van der Waals surface area contributed by atoms with Crippen molar-refractivity contribution in [2.75, 3.05) is 0 Å². The smallest absolute Gasteiger partial charge is 0.304 e. The van der Waals surface area contributed by atoms with E-state index in [0.29, 0.717) is 28.9 Å². The van der Waals surface area contributed by atoms with Gasteiger partial charge in [0.2, 0.25) is 0 Å². The summed E-state index contributed by atoms with van der Waals surface area (Å²) in [6, 6.07) is 7.57. The van der Waals surface area contributed by atoms with Crippen molar-refractivity contribution in [3.63, 3.8) is 0 Å². The van der Waals surface area contributed by atoms with E-state index in [0.717, 1.165) is 16.7 Å². The van der Waals surface area contributed by atoms with Gasteiger partial charge in [0, 0.05) is 6.42 Å². The molecule has 3 N–H and O–H groups in total. The molecule has 5 heteroatoms. The summed E-state index contributed by atoms with van der Waals surface area (Å²) < 4.78 is 0. The molecule has 0 heterocycles. The lowest BCUT2D eigenvalue weighted by molar-refractivity contribution is -0.139. The summed E-state index contributed by atoms with van der Waals surface area (Å²) in [5.74, 6) is -1.51. The first kappa shape index (κ1) is 32.4. The lowest BCUT2D eigenvalue weighted by atomic mass is 9.75. The third kappa shape index (κ3) is 7.86. The van der Waals surface area contributed by atoms with Crippen LogP contribution in [0.25, 0.3) is 0 Å². The number of phenolic OH excluding ortho intramolecular Hbond substituents is 2. The summed E-state index contributed by atoms with van der Waals surface area (Å²) in [5.41, 5.74) is 3.31. The van der Waals surface area contributed by atoms with Gasteiger partial charge in [0.05, 0.1) is 12.3 Å². The third-order valence-electron chi connectivity index (χ3n) is 7.36. The Bertz CT molecular complexity index is 1150. The number of benzene rings is 2. The van der Waals surface area contributed by atoms with E-state index in [2.05, 4.69) is 41.5 Å². The number of aryl methyl sites for hydroxylation is 1. The Morgan fingerprint density at radius 3 is 1.28 bits per heavy atom. The Labute approximate surface area is 235 Å². The predicted octanol–water partition coefficient (Wildman–Crippen LogP) is 8.05. The molecule has 216 valence electrons. The van der Waals surface area contributed by atoms with Crippen molar-refractivity contribution >= 4 is 11.8 Å². The second-order valence-electron chi connectivity index (χ2n) is 15.1. The monoisotopic (exact) mass is 538 g/mol. The number of carbonyl (C=O) groups is 2. The highest BCUT2D eigenvalue weighted by Crippen LogP contribution is 2.43. The summed E-state index contributed by atoms with van der Waals surface area (Å²) >= 11 is 0. The molecular formula is C34H50O5. The Balaban J connectivity index is 2.58. The number of Topliss-reactive ketones (excluding diaryl/α,β-unsaturated/α-hetero) is 1. The largest absolute Gasteiger partial charge is 0.507 e. The molecule has 0 saturated heterocycles. The molecule has 0 fully saturated rings. The Hall–Kier alpha value is -2.82. The fourth-order valence-corrected chi connectivity index (χ4v) is 5.02. The summed E-state index contributed by atoms with van der Waals surface area (Å²) in [5, 5.41) is 31.9. The van der Waals surface area contributed by atoms with Gasteiger partial charge in [-0.05, 0) is 61.5 Å². The van der Waals surface area contributed by atoms with Crippen molar-refractivity contribution < 1.29 is 24.9 Å². The third-order valence-corrected chi connectivity index (χ3v) is 7.36. The summed E-state index contributed by atoms with van der Waals surface area (Å²) in [6.07, 6.45) is 0.303. The first-order valence-corrected chi connectivity index (χ1v) is 13.9. The first-order chi connectivity index (χ1) is 17.4. The standard InChI is InChI=1S/C34H50O5/c1-31(2,3)23-15-20(16-24(29(23)38)32(4,5)6)13-14-27(35)22(19-28(36)37)21-17-25(33(7,8)9)30(39)26(18-21)34(10,11)12/h15-18,22,38-39H,13-14,19H2,1-12H3,(H,36,37). The second-order valence-corrected chi connectivity index (χ2v) is 15.1. The van der Waals surface area contributed by atoms with E-state index < -0.39 is 22.7 Å². The van der Waals surface area contributed by atoms with Crippen molar-refractivity contribution in [3.8, 4) is 11.5 Å². The lowest BCUT2D eigenvalue weighted by Gasteiger charge is -2.29. The Morgan fingerprint density at radius 2 is 0.974 bits per heavy atom. The fraction of sp³-hybridized carbons (Fsp3) is 0.588. The van der Waals surface area contributed by atoms with Crippen LogP contribution in [0.4, 0.5) is 0 Å². The van der Waals surface area contributed by atoms with Crippen LogP contribution in [0.3, 0.4) is 0 Å². The number of carboxylic acid groups (broad SMARTS) is 1. The van der Waals surface area contributed by atoms with Crippen LogP contribution < -0.4 is 0 Å². The molecule has 0 spiro atoms. The van der Waals surface area contributed by atoms with E-state index >= 15 is 0 Å². The Morgan fingerprint density at radius 1 is 0.641 bits per heavy atom. The second kappa shape index (κ2) is 11.0. The van der Waals surface area contributed by atoms with E-state index in [4.69, 9.17) is 0 Å². The number of aromatic hydroxyl groups is 2. The number of phenols is 2. The maximum Gasteiger partial charge on any atom is 0.304 e. The van der Waals surface area contributed by atoms with E-state index in [-0.39, 0.29) is 35.2 Å². The van der Waals surface area contributed by atoms with Crippen LogP contribution in [0.15, 0.2) is 24.3 Å². The van der Waals surface area contributed by atoms with Gasteiger partial charge in [0.15, 0.2) is 0 Å². The van der Waals surface area contributed by atoms with E-state index in [1.165, 1.54) is 0 Å². The molecule has 39 heavy (non-hydrogen) atoms. The molecule has 2 aromatic carbocycles. The van der Waals surface area contributed by atoms with Gasteiger partial charge in [-0.1, -0.05) is 107 Å². The maximum absolute atomic E-state index is 13.7. The molecule has 0 saturated carbocycles. The zero-order valence-corrected chi connectivity index (χ0v) is 26.2. The van der Waals surface area contributed by atoms with E-state index in [9.17, 15) is 24.9 Å². The van der Waals surface area contributed by atoms with Crippen molar-refractivity contribution in [2.45, 2.75) is 130 Å². The van der Waals surface area contributed by atoms with Crippen molar-refractivity contribution in [3.05, 3.63) is 57.6 Å². The Kier molecular flexibility index (Phi) is 9.12. The number of carbonyl (C=O) groups excluding carboxylic acids is 1. The number of hydrogen-bond acceptors (Lipinski definition) is 4. The van der Waals surface area contributed by atoms with Gasteiger partial charge in [-0.3, -0.25) is 9.59 Å². The molecule has 2 rings (SSSR count). The van der Waals surface area contributed by atoms with Crippen LogP contribution in [-0.2, 0) is 37.7 Å². The molecule has 0 aliphatic rings. The molecule has 0 amide bonds. The van der Waals surface area contributed by atoms with E-state index in [1.54, 1.807) is 0 Å². The van der Waals surface area contributed by atoms with Crippen molar-refractivity contribution in [2.24, 2.45) is 0 Å². The first-order valence-electron chi connectivity index (χ1n) is 13.9. The number of ketones is 1. The zero-order chi connectivity index (χ0) is 30.3. The number of hydrogen-bond donors (Lipinski definition) is 3. The normalized spacial score (nSPS) is 13.8. The highest BCUT2D eigenvalue weighted by Gasteiger charge is 2.32. The van der Waals surface area contributed by atoms with Crippen LogP contribution >= 0.6 is 0 Å². The molecule has 0 radical (unpaired) electrons. The molecule has 0 aliphatic carbocycles. The van der Waals surface area contributed by atoms with Crippen LogP contribution in [0, 0.1) is 0 Å². The van der Waals surface area contributed by atoms with E-state index in [1.807, 2.05) is 65.8 Å².